The average molecular weight is 282 g/mol. The minimum absolute atomic E-state index is 0.292. The largest absolute Gasteiger partial charge is 0.457 e. The van der Waals surface area contributed by atoms with Crippen molar-refractivity contribution in [2.45, 2.75) is 103 Å². The van der Waals surface area contributed by atoms with E-state index in [1.54, 1.807) is 0 Å². The molecule has 0 spiro atoms. The van der Waals surface area contributed by atoms with E-state index < -0.39 is 7.12 Å². The zero-order valence-corrected chi connectivity index (χ0v) is 14.0. The second-order valence-corrected chi connectivity index (χ2v) is 8.02. The van der Waals surface area contributed by atoms with Gasteiger partial charge in [-0.25, -0.2) is 0 Å². The summed E-state index contributed by atoms with van der Waals surface area (Å²) in [6, 6.07) is 0. The first-order valence-corrected chi connectivity index (χ1v) is 8.72. The predicted octanol–water partition coefficient (Wildman–Crippen LogP) is 4.94. The number of hydrogen-bond acceptors (Lipinski definition) is 2. The van der Waals surface area contributed by atoms with Gasteiger partial charge in [-0.05, 0) is 31.1 Å². The fourth-order valence-corrected chi connectivity index (χ4v) is 3.48. The summed E-state index contributed by atoms with van der Waals surface area (Å²) in [6.07, 6.45) is 14.6. The molecule has 20 heavy (non-hydrogen) atoms. The van der Waals surface area contributed by atoms with Crippen molar-refractivity contribution in [3.8, 4) is 0 Å². The van der Waals surface area contributed by atoms with Crippen LogP contribution in [0, 0.1) is 5.41 Å². The molecule has 1 fully saturated rings. The normalized spacial score (nSPS) is 30.4. The van der Waals surface area contributed by atoms with Crippen molar-refractivity contribution in [3.05, 3.63) is 0 Å². The van der Waals surface area contributed by atoms with E-state index in [0.717, 1.165) is 25.7 Å². The Morgan fingerprint density at radius 3 is 1.40 bits per heavy atom. The Hall–Kier alpha value is -0.0151. The Kier molecular flexibility index (Phi) is 7.60. The van der Waals surface area contributed by atoms with Crippen LogP contribution in [-0.4, -0.2) is 17.2 Å². The third-order valence-electron chi connectivity index (χ3n) is 5.33. The molecule has 0 saturated heterocycles. The third kappa shape index (κ3) is 6.63. The third-order valence-corrected chi connectivity index (χ3v) is 5.33. The highest BCUT2D eigenvalue weighted by Crippen LogP contribution is 2.40. The van der Waals surface area contributed by atoms with E-state index in [1.165, 1.54) is 51.4 Å². The molecule has 1 aliphatic carbocycles. The molecule has 1 aliphatic rings. The molecule has 0 aliphatic heterocycles. The first-order valence-electron chi connectivity index (χ1n) is 8.72. The molecule has 2 N–H and O–H groups in total. The van der Waals surface area contributed by atoms with Crippen molar-refractivity contribution < 1.29 is 10.0 Å². The van der Waals surface area contributed by atoms with Crippen LogP contribution in [0.25, 0.3) is 0 Å². The smallest absolute Gasteiger partial charge is 0.427 e. The van der Waals surface area contributed by atoms with E-state index in [1.807, 2.05) is 6.92 Å². The van der Waals surface area contributed by atoms with Crippen LogP contribution in [0.15, 0.2) is 0 Å². The summed E-state index contributed by atoms with van der Waals surface area (Å²) < 4.78 is 0. The first-order chi connectivity index (χ1) is 9.36. The summed E-state index contributed by atoms with van der Waals surface area (Å²) in [4.78, 5) is 0. The molecule has 0 aromatic heterocycles. The molecule has 0 heterocycles. The van der Waals surface area contributed by atoms with Crippen LogP contribution in [0.3, 0.4) is 0 Å². The van der Waals surface area contributed by atoms with Crippen molar-refractivity contribution >= 4 is 7.12 Å². The zero-order valence-electron chi connectivity index (χ0n) is 14.0. The lowest BCUT2D eigenvalue weighted by molar-refractivity contribution is 0.272. The summed E-state index contributed by atoms with van der Waals surface area (Å²) >= 11 is 0. The second-order valence-electron chi connectivity index (χ2n) is 8.02. The maximum Gasteiger partial charge on any atom is 0.457 e. The van der Waals surface area contributed by atoms with Crippen molar-refractivity contribution in [1.82, 2.24) is 0 Å². The highest BCUT2D eigenvalue weighted by molar-refractivity contribution is 6.45. The fourth-order valence-electron chi connectivity index (χ4n) is 3.48. The lowest BCUT2D eigenvalue weighted by Gasteiger charge is -2.30. The van der Waals surface area contributed by atoms with E-state index >= 15 is 0 Å². The Morgan fingerprint density at radius 2 is 0.950 bits per heavy atom. The van der Waals surface area contributed by atoms with Gasteiger partial charge in [0, 0.05) is 5.31 Å². The summed E-state index contributed by atoms with van der Waals surface area (Å²) in [5, 5.41) is 19.1. The molecular weight excluding hydrogens is 247 g/mol. The van der Waals surface area contributed by atoms with E-state index in [0.29, 0.717) is 5.41 Å². The average Bonchev–Trinajstić information content (AvgIpc) is 2.36. The molecule has 0 amide bonds. The van der Waals surface area contributed by atoms with Crippen LogP contribution in [-0.2, 0) is 0 Å². The molecule has 2 nitrogen and oxygen atoms in total. The summed E-state index contributed by atoms with van der Waals surface area (Å²) in [5.74, 6) is 0. The molecule has 118 valence electrons. The van der Waals surface area contributed by atoms with Gasteiger partial charge in [-0.2, -0.15) is 0 Å². The van der Waals surface area contributed by atoms with Gasteiger partial charge in [0.05, 0.1) is 0 Å². The molecule has 1 rings (SSSR count). The van der Waals surface area contributed by atoms with Gasteiger partial charge < -0.3 is 10.0 Å². The zero-order chi connectivity index (χ0) is 15.1. The second kappa shape index (κ2) is 8.43. The van der Waals surface area contributed by atoms with Gasteiger partial charge in [0.2, 0.25) is 0 Å². The minimum Gasteiger partial charge on any atom is -0.427 e. The van der Waals surface area contributed by atoms with Crippen LogP contribution < -0.4 is 0 Å². The number of rotatable bonds is 1. The molecule has 1 atom stereocenters. The van der Waals surface area contributed by atoms with Crippen molar-refractivity contribution in [2.24, 2.45) is 5.41 Å². The van der Waals surface area contributed by atoms with Gasteiger partial charge in [-0.3, -0.25) is 0 Å². The lowest BCUT2D eigenvalue weighted by Crippen LogP contribution is -2.30. The lowest BCUT2D eigenvalue weighted by atomic mass is 9.54. The van der Waals surface area contributed by atoms with Crippen LogP contribution in [0.1, 0.15) is 97.8 Å². The van der Waals surface area contributed by atoms with E-state index in [2.05, 4.69) is 13.8 Å². The highest BCUT2D eigenvalue weighted by Gasteiger charge is 2.36. The van der Waals surface area contributed by atoms with Gasteiger partial charge >= 0.3 is 7.12 Å². The summed E-state index contributed by atoms with van der Waals surface area (Å²) in [6.45, 7) is 6.86. The standard InChI is InChI=1S/C17H35BO2/c1-16(2)12-8-5-4-6-10-14-17(3,18(19)20)15-11-7-9-13-16/h19-20H,4-15H2,1-3H3. The van der Waals surface area contributed by atoms with Crippen LogP contribution in [0.4, 0.5) is 0 Å². The van der Waals surface area contributed by atoms with Crippen molar-refractivity contribution in [1.29, 1.82) is 0 Å². The fraction of sp³-hybridized carbons (Fsp3) is 1.00. The van der Waals surface area contributed by atoms with Gasteiger partial charge in [0.1, 0.15) is 0 Å². The summed E-state index contributed by atoms with van der Waals surface area (Å²) in [5.41, 5.74) is 0.490. The van der Waals surface area contributed by atoms with Crippen molar-refractivity contribution in [2.75, 3.05) is 0 Å². The van der Waals surface area contributed by atoms with Crippen LogP contribution >= 0.6 is 0 Å². The molecule has 1 unspecified atom stereocenters. The molecule has 3 heteroatoms. The topological polar surface area (TPSA) is 40.5 Å². The van der Waals surface area contributed by atoms with Gasteiger partial charge in [0.15, 0.2) is 0 Å². The van der Waals surface area contributed by atoms with Gasteiger partial charge in [-0.15, -0.1) is 0 Å². The Bertz CT molecular complexity index is 266. The first kappa shape index (κ1) is 18.0. The summed E-state index contributed by atoms with van der Waals surface area (Å²) in [7, 11) is -1.16. The van der Waals surface area contributed by atoms with Crippen molar-refractivity contribution in [3.63, 3.8) is 0 Å². The molecular formula is C17H35BO2. The highest BCUT2D eigenvalue weighted by atomic mass is 16.4. The molecule has 0 bridgehead atoms. The maximum absolute atomic E-state index is 9.68. The SMILES string of the molecule is CC1(C)CCCCCCCC(C)(B(O)O)CCCCC1. The van der Waals surface area contributed by atoms with Gasteiger partial charge in [-0.1, -0.05) is 72.1 Å². The molecule has 0 radical (unpaired) electrons. The monoisotopic (exact) mass is 282 g/mol. The van der Waals surface area contributed by atoms with Crippen LogP contribution in [0.5, 0.6) is 0 Å². The number of hydrogen-bond donors (Lipinski definition) is 2. The molecule has 1 saturated carbocycles. The van der Waals surface area contributed by atoms with E-state index in [-0.39, 0.29) is 5.31 Å². The molecule has 0 aromatic rings. The van der Waals surface area contributed by atoms with E-state index in [4.69, 9.17) is 0 Å². The quantitative estimate of drug-likeness (QED) is 0.669. The Morgan fingerprint density at radius 1 is 0.600 bits per heavy atom. The predicted molar refractivity (Wildman–Crippen MR) is 87.7 cm³/mol. The van der Waals surface area contributed by atoms with Gasteiger partial charge in [0.25, 0.3) is 0 Å². The van der Waals surface area contributed by atoms with E-state index in [9.17, 15) is 10.0 Å². The Labute approximate surface area is 126 Å². The minimum atomic E-state index is -1.16. The van der Waals surface area contributed by atoms with Crippen LogP contribution in [0.2, 0.25) is 5.31 Å². The molecule has 0 aromatic carbocycles. The Balaban J connectivity index is 2.50. The maximum atomic E-state index is 9.68.